The molecular weight excluding hydrogens is 344 g/mol. The maximum absolute atomic E-state index is 12.3. The summed E-state index contributed by atoms with van der Waals surface area (Å²) in [5, 5.41) is 2.86. The smallest absolute Gasteiger partial charge is 0.279 e. The normalized spacial score (nSPS) is 14.8. The lowest BCUT2D eigenvalue weighted by Gasteiger charge is -2.32. The molecule has 0 atom stereocenters. The Hall–Kier alpha value is -3.00. The van der Waals surface area contributed by atoms with Gasteiger partial charge in [-0.3, -0.25) is 9.59 Å². The van der Waals surface area contributed by atoms with E-state index < -0.39 is 5.91 Å². The van der Waals surface area contributed by atoms with Crippen molar-refractivity contribution in [3.05, 3.63) is 47.3 Å². The van der Waals surface area contributed by atoms with E-state index in [9.17, 15) is 9.59 Å². The molecule has 3 rings (SSSR count). The first kappa shape index (κ1) is 18.8. The number of hydrogen-bond donors (Lipinski definition) is 3. The second kappa shape index (κ2) is 8.13. The molecule has 1 fully saturated rings. The largest absolute Gasteiger partial charge is 0.366 e. The Labute approximate surface area is 158 Å². The second-order valence-corrected chi connectivity index (χ2v) is 6.85. The van der Waals surface area contributed by atoms with Crippen LogP contribution in [-0.4, -0.2) is 54.5 Å². The van der Waals surface area contributed by atoms with Gasteiger partial charge >= 0.3 is 0 Å². The number of nitrogens with one attached hydrogen (secondary N) is 2. The molecule has 4 N–H and O–H groups in total. The molecule has 142 valence electrons. The lowest BCUT2D eigenvalue weighted by molar-refractivity contribution is -0.892. The van der Waals surface area contributed by atoms with Crippen LogP contribution in [0.5, 0.6) is 0 Å². The zero-order valence-corrected chi connectivity index (χ0v) is 15.7. The highest BCUT2D eigenvalue weighted by atomic mass is 16.2. The Morgan fingerprint density at radius 3 is 2.26 bits per heavy atom. The third-order valence-corrected chi connectivity index (χ3v) is 4.59. The molecular formula is C19H25N6O2+. The number of aryl methyl sites for hydroxylation is 2. The number of quaternary nitrogens is 1. The summed E-state index contributed by atoms with van der Waals surface area (Å²) in [7, 11) is 0. The number of hydrogen-bond acceptors (Lipinski definition) is 5. The Morgan fingerprint density at radius 1 is 1.11 bits per heavy atom. The summed E-state index contributed by atoms with van der Waals surface area (Å²) < 4.78 is 0. The molecule has 27 heavy (non-hydrogen) atoms. The first-order chi connectivity index (χ1) is 12.9. The second-order valence-electron chi connectivity index (χ2n) is 6.85. The summed E-state index contributed by atoms with van der Waals surface area (Å²) in [6, 6.07) is 8.54. The van der Waals surface area contributed by atoms with Crippen LogP contribution in [0.1, 0.15) is 21.7 Å². The minimum Gasteiger partial charge on any atom is -0.366 e. The Balaban J connectivity index is 1.49. The molecule has 0 unspecified atom stereocenters. The van der Waals surface area contributed by atoms with Crippen LogP contribution in [0.4, 0.5) is 11.6 Å². The molecule has 1 aliphatic heterocycles. The Morgan fingerprint density at radius 2 is 1.70 bits per heavy atom. The minimum atomic E-state index is -0.483. The topological polar surface area (TPSA) is 106 Å². The van der Waals surface area contributed by atoms with Crippen LogP contribution in [0.2, 0.25) is 0 Å². The number of primary amides is 1. The van der Waals surface area contributed by atoms with Gasteiger partial charge < -0.3 is 20.9 Å². The highest BCUT2D eigenvalue weighted by Gasteiger charge is 2.24. The first-order valence-corrected chi connectivity index (χ1v) is 9.01. The SMILES string of the molecule is Cc1cc(C)nc(N2CC[NH+](CC(=O)Nc3ccc(C(N)=O)cc3)CC2)n1. The number of nitrogens with two attached hydrogens (primary N) is 1. The number of anilines is 2. The van der Waals surface area contributed by atoms with Gasteiger partial charge in [0, 0.05) is 22.6 Å². The fourth-order valence-electron chi connectivity index (χ4n) is 3.20. The van der Waals surface area contributed by atoms with Gasteiger partial charge in [-0.1, -0.05) is 0 Å². The van der Waals surface area contributed by atoms with Crippen molar-refractivity contribution in [3.8, 4) is 0 Å². The zero-order chi connectivity index (χ0) is 19.4. The molecule has 0 spiro atoms. The van der Waals surface area contributed by atoms with Crippen molar-refractivity contribution < 1.29 is 14.5 Å². The van der Waals surface area contributed by atoms with Gasteiger partial charge in [0.2, 0.25) is 11.9 Å². The molecule has 1 aromatic heterocycles. The molecule has 0 aliphatic carbocycles. The summed E-state index contributed by atoms with van der Waals surface area (Å²) in [6.45, 7) is 7.69. The molecule has 0 bridgehead atoms. The molecule has 1 aliphatic rings. The van der Waals surface area contributed by atoms with E-state index in [1.807, 2.05) is 19.9 Å². The first-order valence-electron chi connectivity index (χ1n) is 9.01. The van der Waals surface area contributed by atoms with Gasteiger partial charge in [0.1, 0.15) is 0 Å². The fourth-order valence-corrected chi connectivity index (χ4v) is 3.20. The maximum Gasteiger partial charge on any atom is 0.279 e. The predicted molar refractivity (Wildman–Crippen MR) is 103 cm³/mol. The quantitative estimate of drug-likeness (QED) is 0.661. The number of benzene rings is 1. The van der Waals surface area contributed by atoms with Gasteiger partial charge in [0.05, 0.1) is 26.2 Å². The van der Waals surface area contributed by atoms with Crippen LogP contribution in [0.3, 0.4) is 0 Å². The van der Waals surface area contributed by atoms with E-state index >= 15 is 0 Å². The highest BCUT2D eigenvalue weighted by Crippen LogP contribution is 2.10. The van der Waals surface area contributed by atoms with E-state index in [0.29, 0.717) is 17.8 Å². The molecule has 1 aromatic carbocycles. The van der Waals surface area contributed by atoms with Gasteiger partial charge in [-0.15, -0.1) is 0 Å². The number of piperazine rings is 1. The summed E-state index contributed by atoms with van der Waals surface area (Å²) in [4.78, 5) is 35.8. The monoisotopic (exact) mass is 369 g/mol. The predicted octanol–water partition coefficient (Wildman–Crippen LogP) is -0.464. The lowest BCUT2D eigenvalue weighted by Crippen LogP contribution is -3.15. The summed E-state index contributed by atoms with van der Waals surface area (Å²) >= 11 is 0. The van der Waals surface area contributed by atoms with Gasteiger partial charge in [-0.2, -0.15) is 0 Å². The molecule has 0 saturated carbocycles. The van der Waals surface area contributed by atoms with E-state index in [1.165, 1.54) is 4.90 Å². The number of amides is 2. The van der Waals surface area contributed by atoms with Crippen LogP contribution >= 0.6 is 0 Å². The fraction of sp³-hybridized carbons (Fsp3) is 0.368. The zero-order valence-electron chi connectivity index (χ0n) is 15.7. The summed E-state index contributed by atoms with van der Waals surface area (Å²) in [5.41, 5.74) is 8.23. The number of carbonyl (C=O) groups is 2. The van der Waals surface area contributed by atoms with Crippen LogP contribution in [-0.2, 0) is 4.79 Å². The van der Waals surface area contributed by atoms with E-state index in [-0.39, 0.29) is 5.91 Å². The van der Waals surface area contributed by atoms with Gasteiger partial charge in [-0.05, 0) is 44.2 Å². The van der Waals surface area contributed by atoms with Crippen LogP contribution < -0.4 is 20.9 Å². The van der Waals surface area contributed by atoms with Gasteiger partial charge in [-0.25, -0.2) is 9.97 Å². The maximum atomic E-state index is 12.3. The molecule has 0 radical (unpaired) electrons. The van der Waals surface area contributed by atoms with Crippen molar-refractivity contribution in [2.75, 3.05) is 42.9 Å². The molecule has 1 saturated heterocycles. The van der Waals surface area contributed by atoms with Crippen molar-refractivity contribution >= 4 is 23.5 Å². The van der Waals surface area contributed by atoms with Gasteiger partial charge in [0.15, 0.2) is 6.54 Å². The molecule has 2 amide bonds. The number of aromatic nitrogens is 2. The Kier molecular flexibility index (Phi) is 5.66. The number of rotatable bonds is 5. The Bertz CT molecular complexity index is 808. The number of carbonyl (C=O) groups excluding carboxylic acids is 2. The number of nitrogens with zero attached hydrogens (tertiary/aromatic N) is 3. The molecule has 2 heterocycles. The third-order valence-electron chi connectivity index (χ3n) is 4.59. The van der Waals surface area contributed by atoms with E-state index in [2.05, 4.69) is 20.2 Å². The minimum absolute atomic E-state index is 0.0482. The van der Waals surface area contributed by atoms with Crippen molar-refractivity contribution in [1.82, 2.24) is 9.97 Å². The van der Waals surface area contributed by atoms with E-state index in [4.69, 9.17) is 5.73 Å². The highest BCUT2D eigenvalue weighted by molar-refractivity contribution is 5.95. The van der Waals surface area contributed by atoms with E-state index in [1.54, 1.807) is 24.3 Å². The van der Waals surface area contributed by atoms with Crippen molar-refractivity contribution in [3.63, 3.8) is 0 Å². The molecule has 8 heteroatoms. The third kappa shape index (κ3) is 5.01. The average molecular weight is 369 g/mol. The van der Waals surface area contributed by atoms with Crippen LogP contribution in [0, 0.1) is 13.8 Å². The van der Waals surface area contributed by atoms with Gasteiger partial charge in [0.25, 0.3) is 5.91 Å². The van der Waals surface area contributed by atoms with Crippen LogP contribution in [0.25, 0.3) is 0 Å². The van der Waals surface area contributed by atoms with Crippen LogP contribution in [0.15, 0.2) is 30.3 Å². The van der Waals surface area contributed by atoms with E-state index in [0.717, 1.165) is 43.5 Å². The van der Waals surface area contributed by atoms with Crippen molar-refractivity contribution in [2.24, 2.45) is 5.73 Å². The lowest BCUT2D eigenvalue weighted by atomic mass is 10.2. The molecule has 2 aromatic rings. The molecule has 8 nitrogen and oxygen atoms in total. The standard InChI is InChI=1S/C19H24N6O2/c1-13-11-14(2)22-19(21-13)25-9-7-24(8-10-25)12-17(26)23-16-5-3-15(4-6-16)18(20)27/h3-6,11H,7-10,12H2,1-2H3,(H2,20,27)(H,23,26)/p+1. The summed E-state index contributed by atoms with van der Waals surface area (Å²) in [6.07, 6.45) is 0. The van der Waals surface area contributed by atoms with Crippen molar-refractivity contribution in [1.29, 1.82) is 0 Å². The average Bonchev–Trinajstić information content (AvgIpc) is 2.62. The van der Waals surface area contributed by atoms with Crippen molar-refractivity contribution in [2.45, 2.75) is 13.8 Å². The summed E-state index contributed by atoms with van der Waals surface area (Å²) in [5.74, 6) is 0.237.